The highest BCUT2D eigenvalue weighted by Crippen LogP contribution is 2.28. The van der Waals surface area contributed by atoms with Crippen LogP contribution in [0.15, 0.2) is 30.3 Å². The molecule has 0 aliphatic heterocycles. The van der Waals surface area contributed by atoms with E-state index < -0.39 is 0 Å². The van der Waals surface area contributed by atoms with Crippen LogP contribution in [0, 0.1) is 20.8 Å². The van der Waals surface area contributed by atoms with Gasteiger partial charge >= 0.3 is 0 Å². The van der Waals surface area contributed by atoms with Crippen LogP contribution in [0.25, 0.3) is 5.52 Å². The Balaban J connectivity index is 2.21. The molecule has 25 heavy (non-hydrogen) atoms. The number of fused-ring (bicyclic) bond motifs is 1. The quantitative estimate of drug-likeness (QED) is 0.795. The molecule has 0 unspecified atom stereocenters. The molecule has 0 aliphatic carbocycles. The highest BCUT2D eigenvalue weighted by atomic mass is 16.2. The number of para-hydroxylation sites is 1. The van der Waals surface area contributed by atoms with Crippen LogP contribution in [0.2, 0.25) is 0 Å². The maximum absolute atomic E-state index is 13.4. The number of aromatic nitrogens is 3. The lowest BCUT2D eigenvalue weighted by Crippen LogP contribution is -2.37. The second kappa shape index (κ2) is 6.20. The van der Waals surface area contributed by atoms with Crippen LogP contribution in [0.5, 0.6) is 0 Å². The zero-order chi connectivity index (χ0) is 18.3. The number of carbonyl (C=O) groups is 1. The van der Waals surface area contributed by atoms with E-state index in [1.807, 2.05) is 65.0 Å². The Kier molecular flexibility index (Phi) is 4.20. The van der Waals surface area contributed by atoms with Crippen LogP contribution < -0.4 is 10.6 Å². The van der Waals surface area contributed by atoms with Crippen molar-refractivity contribution >= 4 is 23.1 Å². The smallest absolute Gasteiger partial charge is 0.260 e. The summed E-state index contributed by atoms with van der Waals surface area (Å²) in [5.74, 6) is 0.158. The zero-order valence-electron chi connectivity index (χ0n) is 15.2. The number of hydrogen-bond donors (Lipinski definition) is 1. The first-order valence-electron chi connectivity index (χ1n) is 8.33. The predicted octanol–water partition coefficient (Wildman–Crippen LogP) is 3.29. The molecule has 0 saturated heterocycles. The maximum atomic E-state index is 13.4. The first kappa shape index (κ1) is 17.0. The van der Waals surface area contributed by atoms with Gasteiger partial charge in [-0.25, -0.2) is 9.50 Å². The average molecular weight is 337 g/mol. The largest absolute Gasteiger partial charge is 0.367 e. The number of rotatable bonds is 3. The number of carbonyl (C=O) groups excluding carboxylic acids is 1. The van der Waals surface area contributed by atoms with Crippen LogP contribution in [0.4, 0.5) is 11.6 Å². The summed E-state index contributed by atoms with van der Waals surface area (Å²) in [6.07, 6.45) is 0. The number of benzene rings is 1. The number of anilines is 2. The first-order valence-corrected chi connectivity index (χ1v) is 8.33. The van der Waals surface area contributed by atoms with Crippen molar-refractivity contribution in [1.29, 1.82) is 0 Å². The van der Waals surface area contributed by atoms with Gasteiger partial charge in [0, 0.05) is 11.7 Å². The van der Waals surface area contributed by atoms with Gasteiger partial charge in [0.05, 0.1) is 22.5 Å². The standard InChI is InChI=1S/C19H23N5O/c1-11(2)23(15-9-7-6-8-10-15)18(25)16-12(3)17-13(4)21-19(20)22-24(17)14(16)5/h6-11H,1-5H3,(H2,20,22). The van der Waals surface area contributed by atoms with E-state index in [0.717, 1.165) is 28.2 Å². The minimum absolute atomic E-state index is 0.0222. The molecule has 6 heteroatoms. The van der Waals surface area contributed by atoms with Gasteiger partial charge in [-0.2, -0.15) is 0 Å². The van der Waals surface area contributed by atoms with Gasteiger partial charge < -0.3 is 10.6 Å². The molecule has 2 aromatic heterocycles. The van der Waals surface area contributed by atoms with Gasteiger partial charge in [-0.3, -0.25) is 4.79 Å². The van der Waals surface area contributed by atoms with Crippen LogP contribution in [0.1, 0.15) is 41.2 Å². The summed E-state index contributed by atoms with van der Waals surface area (Å²) in [4.78, 5) is 19.5. The van der Waals surface area contributed by atoms with Crippen molar-refractivity contribution in [2.75, 3.05) is 10.6 Å². The van der Waals surface area contributed by atoms with Gasteiger partial charge in [-0.15, -0.1) is 5.10 Å². The Bertz CT molecular complexity index is 944. The summed E-state index contributed by atoms with van der Waals surface area (Å²) in [5.41, 5.74) is 10.6. The number of nitrogens with two attached hydrogens (primary N) is 1. The lowest BCUT2D eigenvalue weighted by molar-refractivity contribution is 0.0979. The average Bonchev–Trinajstić information content (AvgIpc) is 2.79. The maximum Gasteiger partial charge on any atom is 0.260 e. The highest BCUT2D eigenvalue weighted by Gasteiger charge is 2.27. The summed E-state index contributed by atoms with van der Waals surface area (Å²) >= 11 is 0. The summed E-state index contributed by atoms with van der Waals surface area (Å²) in [5, 5.41) is 4.29. The van der Waals surface area contributed by atoms with Gasteiger partial charge in [-0.1, -0.05) is 18.2 Å². The fraction of sp³-hybridized carbons (Fsp3) is 0.316. The third kappa shape index (κ3) is 2.73. The van der Waals surface area contributed by atoms with Crippen molar-refractivity contribution < 1.29 is 4.79 Å². The molecule has 0 bridgehead atoms. The van der Waals surface area contributed by atoms with Crippen molar-refractivity contribution in [1.82, 2.24) is 14.6 Å². The molecule has 0 atom stereocenters. The van der Waals surface area contributed by atoms with Crippen LogP contribution in [0.3, 0.4) is 0 Å². The third-order valence-corrected chi connectivity index (χ3v) is 4.43. The Labute approximate surface area is 147 Å². The van der Waals surface area contributed by atoms with Crippen molar-refractivity contribution in [2.24, 2.45) is 0 Å². The molecule has 0 radical (unpaired) electrons. The molecule has 130 valence electrons. The lowest BCUT2D eigenvalue weighted by Gasteiger charge is -2.27. The van der Waals surface area contributed by atoms with E-state index in [-0.39, 0.29) is 17.9 Å². The molecule has 0 spiro atoms. The number of nitrogen functional groups attached to an aromatic ring is 1. The molecule has 0 saturated carbocycles. The summed E-state index contributed by atoms with van der Waals surface area (Å²) in [7, 11) is 0. The molecular weight excluding hydrogens is 314 g/mol. The Morgan fingerprint density at radius 1 is 1.16 bits per heavy atom. The van der Waals surface area contributed by atoms with Crippen molar-refractivity contribution in [3.8, 4) is 0 Å². The highest BCUT2D eigenvalue weighted by molar-refractivity contribution is 6.09. The van der Waals surface area contributed by atoms with E-state index in [2.05, 4.69) is 10.1 Å². The predicted molar refractivity (Wildman–Crippen MR) is 100.0 cm³/mol. The molecular formula is C19H23N5O. The Morgan fingerprint density at radius 3 is 2.40 bits per heavy atom. The summed E-state index contributed by atoms with van der Waals surface area (Å²) < 4.78 is 1.73. The second-order valence-corrected chi connectivity index (χ2v) is 6.51. The van der Waals surface area contributed by atoms with Gasteiger partial charge in [0.1, 0.15) is 0 Å². The second-order valence-electron chi connectivity index (χ2n) is 6.51. The molecule has 2 N–H and O–H groups in total. The minimum Gasteiger partial charge on any atom is -0.367 e. The van der Waals surface area contributed by atoms with E-state index in [4.69, 9.17) is 5.73 Å². The number of amides is 1. The molecule has 0 fully saturated rings. The summed E-state index contributed by atoms with van der Waals surface area (Å²) in [6, 6.07) is 9.73. The normalized spacial score (nSPS) is 11.3. The fourth-order valence-corrected chi connectivity index (χ4v) is 3.40. The van der Waals surface area contributed by atoms with Crippen molar-refractivity contribution in [3.63, 3.8) is 0 Å². The van der Waals surface area contributed by atoms with Crippen LogP contribution >= 0.6 is 0 Å². The van der Waals surface area contributed by atoms with Crippen LogP contribution in [-0.4, -0.2) is 26.5 Å². The molecule has 3 rings (SSSR count). The molecule has 1 aromatic carbocycles. The number of nitrogens with zero attached hydrogens (tertiary/aromatic N) is 4. The number of aryl methyl sites for hydroxylation is 3. The molecule has 2 heterocycles. The third-order valence-electron chi connectivity index (χ3n) is 4.43. The van der Waals surface area contributed by atoms with Crippen molar-refractivity contribution in [2.45, 2.75) is 40.7 Å². The lowest BCUT2D eigenvalue weighted by atomic mass is 10.1. The molecule has 1 amide bonds. The topological polar surface area (TPSA) is 76.5 Å². The van der Waals surface area contributed by atoms with Gasteiger partial charge in [0.25, 0.3) is 5.91 Å². The fourth-order valence-electron chi connectivity index (χ4n) is 3.40. The summed E-state index contributed by atoms with van der Waals surface area (Å²) in [6.45, 7) is 9.72. The van der Waals surface area contributed by atoms with E-state index in [1.54, 1.807) is 9.42 Å². The van der Waals surface area contributed by atoms with E-state index in [0.29, 0.717) is 5.56 Å². The zero-order valence-corrected chi connectivity index (χ0v) is 15.2. The van der Waals surface area contributed by atoms with E-state index >= 15 is 0 Å². The van der Waals surface area contributed by atoms with Gasteiger partial charge in [0.2, 0.25) is 5.95 Å². The number of hydrogen-bond acceptors (Lipinski definition) is 4. The Hall–Kier alpha value is -2.89. The van der Waals surface area contributed by atoms with Gasteiger partial charge in [-0.05, 0) is 52.3 Å². The molecule has 0 aliphatic rings. The van der Waals surface area contributed by atoms with Gasteiger partial charge in [0.15, 0.2) is 0 Å². The van der Waals surface area contributed by atoms with E-state index in [1.165, 1.54) is 0 Å². The molecule has 3 aromatic rings. The minimum atomic E-state index is -0.0420. The first-order chi connectivity index (χ1) is 11.8. The molecule has 6 nitrogen and oxygen atoms in total. The SMILES string of the molecule is Cc1nc(N)nn2c(C)c(C(=O)N(c3ccccc3)C(C)C)c(C)c12. The Morgan fingerprint density at radius 2 is 1.80 bits per heavy atom. The van der Waals surface area contributed by atoms with Crippen molar-refractivity contribution in [3.05, 3.63) is 52.8 Å². The monoisotopic (exact) mass is 337 g/mol. The van der Waals surface area contributed by atoms with E-state index in [9.17, 15) is 4.79 Å². The van der Waals surface area contributed by atoms with Crippen LogP contribution in [-0.2, 0) is 0 Å².